The van der Waals surface area contributed by atoms with E-state index in [1.165, 1.54) is 72.8 Å². The molecule has 0 aliphatic rings. The second-order valence-corrected chi connectivity index (χ2v) is 19.0. The standard InChI is InChI=1S/C18H17O6PS2.K.H/c19-26(20,21)25(27(22,23)24,16-10-4-1-5-11-16,17-12-6-2-7-13-17)18-14-8-3-9-15-18;;/h1-15H,(H,19,20,21)(H,22,23,24);;. The summed E-state index contributed by atoms with van der Waals surface area (Å²) in [6.07, 6.45) is 0. The Labute approximate surface area is 206 Å². The Balaban J connectivity index is 0.00000280. The molecule has 0 aliphatic carbocycles. The second-order valence-electron chi connectivity index (χ2n) is 5.86. The van der Waals surface area contributed by atoms with Crippen molar-refractivity contribution in [3.63, 3.8) is 0 Å². The van der Waals surface area contributed by atoms with E-state index < -0.39 is 24.5 Å². The van der Waals surface area contributed by atoms with Crippen molar-refractivity contribution < 1.29 is 25.9 Å². The second kappa shape index (κ2) is 8.35. The Bertz CT molecular complexity index is 1030. The third kappa shape index (κ3) is 3.01. The minimum atomic E-state index is -5.85. The van der Waals surface area contributed by atoms with Crippen molar-refractivity contribution in [2.24, 2.45) is 0 Å². The van der Waals surface area contributed by atoms with Crippen molar-refractivity contribution in [1.82, 2.24) is 0 Å². The first-order chi connectivity index (χ1) is 12.7. The van der Waals surface area contributed by atoms with Crippen LogP contribution >= 0.6 is 5.01 Å². The number of rotatable bonds is 5. The Hall–Kier alpha value is -0.454. The monoisotopic (exact) mass is 464 g/mol. The van der Waals surface area contributed by atoms with Crippen molar-refractivity contribution in [1.29, 1.82) is 0 Å². The molecule has 3 aromatic rings. The van der Waals surface area contributed by atoms with Crippen molar-refractivity contribution in [2.45, 2.75) is 0 Å². The average Bonchev–Trinajstić information content (AvgIpc) is 2.63. The Kier molecular flexibility index (Phi) is 7.11. The molecular formula is C18H18KO6PS2. The van der Waals surface area contributed by atoms with Crippen molar-refractivity contribution in [3.8, 4) is 0 Å². The van der Waals surface area contributed by atoms with Crippen LogP contribution in [0, 0.1) is 0 Å². The first-order valence-corrected chi connectivity index (χ1v) is 14.1. The zero-order valence-electron chi connectivity index (χ0n) is 14.0. The number of benzene rings is 3. The molecule has 0 aromatic heterocycles. The Morgan fingerprint density at radius 3 is 0.893 bits per heavy atom. The molecule has 0 saturated heterocycles. The molecule has 0 aliphatic heterocycles. The van der Waals surface area contributed by atoms with Crippen LogP contribution in [0.1, 0.15) is 0 Å². The van der Waals surface area contributed by atoms with Gasteiger partial charge in [-0.2, -0.15) is 0 Å². The van der Waals surface area contributed by atoms with Gasteiger partial charge in [-0.3, -0.25) is 0 Å². The third-order valence-corrected chi connectivity index (χ3v) is 22.5. The molecule has 28 heavy (non-hydrogen) atoms. The maximum atomic E-state index is 13.1. The fraction of sp³-hybridized carbons (Fsp3) is 0. The summed E-state index contributed by atoms with van der Waals surface area (Å²) < 4.78 is 73.5. The number of hydrogen-bond acceptors (Lipinski definition) is 4. The van der Waals surface area contributed by atoms with E-state index in [1.54, 1.807) is 18.2 Å². The summed E-state index contributed by atoms with van der Waals surface area (Å²) in [7, 11) is -10.8. The molecule has 3 aromatic carbocycles. The van der Waals surface area contributed by atoms with Crippen LogP contribution in [0.2, 0.25) is 0 Å². The topological polar surface area (TPSA) is 109 Å². The summed E-state index contributed by atoms with van der Waals surface area (Å²) in [6, 6.07) is 21.2. The van der Waals surface area contributed by atoms with Gasteiger partial charge in [0.05, 0.1) is 0 Å². The fourth-order valence-electron chi connectivity index (χ4n) is 3.46. The summed E-state index contributed by atoms with van der Waals surface area (Å²) in [6.45, 7) is 0. The normalized spacial score (nSPS) is 13.7. The van der Waals surface area contributed by atoms with Crippen LogP contribution in [0.3, 0.4) is 0 Å². The Morgan fingerprint density at radius 1 is 0.500 bits per heavy atom. The summed E-state index contributed by atoms with van der Waals surface area (Å²) in [4.78, 5) is 0. The minimum absolute atomic E-state index is 0. The molecule has 3 rings (SSSR count). The molecule has 2 N–H and O–H groups in total. The molecule has 0 atom stereocenters. The predicted molar refractivity (Wildman–Crippen MR) is 115 cm³/mol. The van der Waals surface area contributed by atoms with Gasteiger partial charge in [0.25, 0.3) is 0 Å². The van der Waals surface area contributed by atoms with Crippen molar-refractivity contribution in [2.75, 3.05) is 0 Å². The van der Waals surface area contributed by atoms with Gasteiger partial charge in [-0.25, -0.2) is 0 Å². The quantitative estimate of drug-likeness (QED) is 0.336. The molecule has 0 radical (unpaired) electrons. The third-order valence-electron chi connectivity index (χ3n) is 4.56. The average molecular weight is 465 g/mol. The van der Waals surface area contributed by atoms with Crippen molar-refractivity contribution >= 4 is 91.8 Å². The summed E-state index contributed by atoms with van der Waals surface area (Å²) in [5.41, 5.74) is 0. The first-order valence-electron chi connectivity index (χ1n) is 7.80. The van der Waals surface area contributed by atoms with Gasteiger partial charge in [0, 0.05) is 0 Å². The zero-order chi connectivity index (χ0) is 19.8. The van der Waals surface area contributed by atoms with Crippen LogP contribution in [0.15, 0.2) is 91.0 Å². The molecule has 0 spiro atoms. The molecule has 0 heterocycles. The van der Waals surface area contributed by atoms with Gasteiger partial charge in [0.15, 0.2) is 0 Å². The van der Waals surface area contributed by atoms with Crippen LogP contribution < -0.4 is 15.9 Å². The summed E-state index contributed by atoms with van der Waals surface area (Å²) >= 11 is 0. The van der Waals surface area contributed by atoms with Crippen LogP contribution in [0.4, 0.5) is 0 Å². The van der Waals surface area contributed by atoms with Gasteiger partial charge in [0.1, 0.15) is 0 Å². The van der Waals surface area contributed by atoms with E-state index in [0.717, 1.165) is 0 Å². The molecule has 10 heteroatoms. The van der Waals surface area contributed by atoms with Gasteiger partial charge in [-0.15, -0.1) is 0 Å². The van der Waals surface area contributed by atoms with E-state index >= 15 is 0 Å². The molecular weight excluding hydrogens is 446 g/mol. The summed E-state index contributed by atoms with van der Waals surface area (Å²) in [5.74, 6) is 0. The fourth-order valence-corrected chi connectivity index (χ4v) is 18.2. The first kappa shape index (κ1) is 23.8. The number of hydrogen-bond donors (Lipinski definition) is 2. The van der Waals surface area contributed by atoms with E-state index in [9.17, 15) is 25.9 Å². The van der Waals surface area contributed by atoms with Crippen LogP contribution in [0.5, 0.6) is 0 Å². The van der Waals surface area contributed by atoms with Gasteiger partial charge < -0.3 is 0 Å². The van der Waals surface area contributed by atoms with Crippen LogP contribution in [-0.2, 0) is 19.5 Å². The van der Waals surface area contributed by atoms with Gasteiger partial charge in [-0.1, -0.05) is 0 Å². The van der Waals surface area contributed by atoms with E-state index in [-0.39, 0.29) is 67.3 Å². The predicted octanol–water partition coefficient (Wildman–Crippen LogP) is 1.47. The van der Waals surface area contributed by atoms with Crippen LogP contribution in [-0.4, -0.2) is 77.3 Å². The Morgan fingerprint density at radius 2 is 0.714 bits per heavy atom. The summed E-state index contributed by atoms with van der Waals surface area (Å²) in [5, 5.41) is -6.46. The van der Waals surface area contributed by atoms with Crippen molar-refractivity contribution in [3.05, 3.63) is 91.0 Å². The van der Waals surface area contributed by atoms with Gasteiger partial charge >= 0.3 is 209 Å². The molecule has 0 bridgehead atoms. The molecule has 144 valence electrons. The van der Waals surface area contributed by atoms with E-state index in [1.807, 2.05) is 0 Å². The molecule has 0 unspecified atom stereocenters. The molecule has 0 fully saturated rings. The zero-order valence-corrected chi connectivity index (χ0v) is 16.5. The SMILES string of the molecule is O=S(=O)(O)P(c1ccccc1)(c1ccccc1)(c1ccccc1)S(=O)(=O)O.[KH]. The maximum absolute atomic E-state index is 13.1. The van der Waals surface area contributed by atoms with Crippen LogP contribution in [0.25, 0.3) is 0 Å². The molecule has 6 nitrogen and oxygen atoms in total. The van der Waals surface area contributed by atoms with E-state index in [2.05, 4.69) is 0 Å². The molecule has 0 amide bonds. The van der Waals surface area contributed by atoms with E-state index in [4.69, 9.17) is 0 Å². The van der Waals surface area contributed by atoms with Gasteiger partial charge in [0.2, 0.25) is 0 Å². The van der Waals surface area contributed by atoms with Gasteiger partial charge in [-0.05, 0) is 0 Å². The molecule has 0 saturated carbocycles. The van der Waals surface area contributed by atoms with E-state index in [0.29, 0.717) is 0 Å².